The molecule has 0 spiro atoms. The predicted octanol–water partition coefficient (Wildman–Crippen LogP) is 4.52. The van der Waals surface area contributed by atoms with Gasteiger partial charge in [0.15, 0.2) is 0 Å². The molecular formula is C23H23NO2. The van der Waals surface area contributed by atoms with Crippen LogP contribution >= 0.6 is 0 Å². The molecule has 3 nitrogen and oxygen atoms in total. The van der Waals surface area contributed by atoms with Gasteiger partial charge in [0, 0.05) is 5.41 Å². The van der Waals surface area contributed by atoms with Crippen molar-refractivity contribution >= 4 is 5.91 Å². The Hall–Kier alpha value is -2.81. The smallest absolute Gasteiger partial charge is 0.224 e. The maximum Gasteiger partial charge on any atom is 0.224 e. The predicted molar refractivity (Wildman–Crippen MR) is 102 cm³/mol. The van der Waals surface area contributed by atoms with Crippen LogP contribution in [0.4, 0.5) is 0 Å². The summed E-state index contributed by atoms with van der Waals surface area (Å²) < 4.78 is 5.32. The lowest BCUT2D eigenvalue weighted by Crippen LogP contribution is -2.28. The molecule has 0 unspecified atom stereocenters. The van der Waals surface area contributed by atoms with Gasteiger partial charge in [-0.2, -0.15) is 0 Å². The summed E-state index contributed by atoms with van der Waals surface area (Å²) >= 11 is 0. The molecule has 1 atom stereocenters. The molecule has 3 aromatic rings. The highest BCUT2D eigenvalue weighted by Crippen LogP contribution is 2.59. The van der Waals surface area contributed by atoms with Crippen molar-refractivity contribution in [1.29, 1.82) is 0 Å². The Morgan fingerprint density at radius 1 is 1.00 bits per heavy atom. The number of carbonyl (C=O) groups excluding carboxylic acids is 1. The fraction of sp³-hybridized carbons (Fsp3) is 0.261. The van der Waals surface area contributed by atoms with Crippen molar-refractivity contribution in [2.24, 2.45) is 5.92 Å². The van der Waals surface area contributed by atoms with Crippen molar-refractivity contribution in [2.75, 3.05) is 0 Å². The van der Waals surface area contributed by atoms with E-state index < -0.39 is 0 Å². The lowest BCUT2D eigenvalue weighted by molar-refractivity contribution is -0.122. The Kier molecular flexibility index (Phi) is 4.15. The summed E-state index contributed by atoms with van der Waals surface area (Å²) in [5, 5.41) is 3.03. The largest absolute Gasteiger partial charge is 0.467 e. The van der Waals surface area contributed by atoms with E-state index in [0.717, 1.165) is 12.2 Å². The van der Waals surface area contributed by atoms with E-state index in [1.807, 2.05) is 12.1 Å². The Morgan fingerprint density at radius 2 is 1.58 bits per heavy atom. The summed E-state index contributed by atoms with van der Waals surface area (Å²) in [6, 6.07) is 20.9. The van der Waals surface area contributed by atoms with E-state index in [-0.39, 0.29) is 17.2 Å². The Labute approximate surface area is 154 Å². The van der Waals surface area contributed by atoms with Gasteiger partial charge in [0.05, 0.1) is 18.7 Å². The van der Waals surface area contributed by atoms with Crippen LogP contribution in [0.15, 0.2) is 71.3 Å². The van der Waals surface area contributed by atoms with Gasteiger partial charge in [0.25, 0.3) is 0 Å². The minimum absolute atomic E-state index is 0.0529. The second kappa shape index (κ2) is 6.49. The number of hydrogen-bond donors (Lipinski definition) is 1. The SMILES string of the molecule is Cc1ccc(C2(c3ccc(C)cc3)C[C@H]2C(=O)NCc2ccco2)cc1. The number of benzene rings is 2. The van der Waals surface area contributed by atoms with Crippen molar-refractivity contribution in [1.82, 2.24) is 5.32 Å². The van der Waals surface area contributed by atoms with E-state index in [1.54, 1.807) is 6.26 Å². The van der Waals surface area contributed by atoms with Crippen molar-refractivity contribution in [3.05, 3.63) is 94.9 Å². The van der Waals surface area contributed by atoms with Crippen LogP contribution < -0.4 is 5.32 Å². The van der Waals surface area contributed by atoms with Crippen molar-refractivity contribution in [3.8, 4) is 0 Å². The average Bonchev–Trinajstić information content (AvgIpc) is 3.18. The molecule has 0 aliphatic heterocycles. The van der Waals surface area contributed by atoms with E-state index in [1.165, 1.54) is 22.3 Å². The zero-order valence-corrected chi connectivity index (χ0v) is 15.2. The van der Waals surface area contributed by atoms with Crippen LogP contribution in [0.3, 0.4) is 0 Å². The van der Waals surface area contributed by atoms with Crippen LogP contribution in [0.2, 0.25) is 0 Å². The van der Waals surface area contributed by atoms with E-state index in [2.05, 4.69) is 67.7 Å². The fourth-order valence-electron chi connectivity index (χ4n) is 3.80. The van der Waals surface area contributed by atoms with Crippen LogP contribution in [0.25, 0.3) is 0 Å². The number of rotatable bonds is 5. The molecule has 1 fully saturated rings. The zero-order chi connectivity index (χ0) is 18.1. The van der Waals surface area contributed by atoms with E-state index in [0.29, 0.717) is 6.54 Å². The molecule has 1 aliphatic rings. The summed E-state index contributed by atoms with van der Waals surface area (Å²) in [6.45, 7) is 4.60. The summed E-state index contributed by atoms with van der Waals surface area (Å²) in [7, 11) is 0. The van der Waals surface area contributed by atoms with Crippen molar-refractivity contribution in [2.45, 2.75) is 32.2 Å². The first-order chi connectivity index (χ1) is 12.6. The normalized spacial score (nSPS) is 17.7. The number of hydrogen-bond acceptors (Lipinski definition) is 2. The number of furan rings is 1. The van der Waals surface area contributed by atoms with Gasteiger partial charge in [-0.1, -0.05) is 59.7 Å². The molecule has 0 bridgehead atoms. The summed E-state index contributed by atoms with van der Waals surface area (Å²) in [4.78, 5) is 12.8. The first-order valence-electron chi connectivity index (χ1n) is 9.04. The second-order valence-corrected chi connectivity index (χ2v) is 7.26. The molecule has 1 aliphatic carbocycles. The standard InChI is InChI=1S/C23H23NO2/c1-16-5-9-18(10-6-16)23(19-11-7-17(2)8-12-19)14-21(23)22(25)24-15-20-4-3-13-26-20/h3-13,21H,14-15H2,1-2H3,(H,24,25)/t21-/m0/s1. The molecule has 0 saturated heterocycles. The van der Waals surface area contributed by atoms with Crippen LogP contribution in [-0.2, 0) is 16.8 Å². The van der Waals surface area contributed by atoms with Gasteiger partial charge in [-0.25, -0.2) is 0 Å². The quantitative estimate of drug-likeness (QED) is 0.739. The van der Waals surface area contributed by atoms with Crippen LogP contribution in [0.1, 0.15) is 34.4 Å². The molecule has 2 aromatic carbocycles. The van der Waals surface area contributed by atoms with Gasteiger partial charge < -0.3 is 9.73 Å². The summed E-state index contributed by atoms with van der Waals surface area (Å²) in [5.41, 5.74) is 4.66. The van der Waals surface area contributed by atoms with E-state index in [4.69, 9.17) is 4.42 Å². The fourth-order valence-corrected chi connectivity index (χ4v) is 3.80. The molecule has 132 valence electrons. The lowest BCUT2D eigenvalue weighted by Gasteiger charge is -2.19. The molecule has 26 heavy (non-hydrogen) atoms. The monoisotopic (exact) mass is 345 g/mol. The van der Waals surface area contributed by atoms with Gasteiger partial charge in [-0.15, -0.1) is 0 Å². The highest BCUT2D eigenvalue weighted by molar-refractivity contribution is 5.86. The van der Waals surface area contributed by atoms with Gasteiger partial charge in [0.2, 0.25) is 5.91 Å². The first kappa shape index (κ1) is 16.6. The first-order valence-corrected chi connectivity index (χ1v) is 9.04. The van der Waals surface area contributed by atoms with Gasteiger partial charge in [-0.3, -0.25) is 4.79 Å². The molecule has 4 rings (SSSR count). The van der Waals surface area contributed by atoms with Crippen molar-refractivity contribution in [3.63, 3.8) is 0 Å². The van der Waals surface area contributed by atoms with Crippen LogP contribution in [0, 0.1) is 19.8 Å². The minimum Gasteiger partial charge on any atom is -0.467 e. The molecule has 1 heterocycles. The van der Waals surface area contributed by atoms with Crippen molar-refractivity contribution < 1.29 is 9.21 Å². The summed E-state index contributed by atoms with van der Waals surface area (Å²) in [5.74, 6) is 0.806. The molecule has 1 amide bonds. The molecule has 1 N–H and O–H groups in total. The van der Waals surface area contributed by atoms with E-state index >= 15 is 0 Å². The number of aryl methyl sites for hydroxylation is 2. The third kappa shape index (κ3) is 2.94. The Balaban J connectivity index is 1.62. The number of nitrogens with one attached hydrogen (secondary N) is 1. The number of carbonyl (C=O) groups is 1. The highest BCUT2D eigenvalue weighted by Gasteiger charge is 2.60. The molecule has 0 radical (unpaired) electrons. The maximum absolute atomic E-state index is 12.8. The molecular weight excluding hydrogens is 322 g/mol. The van der Waals surface area contributed by atoms with Crippen LogP contribution in [0.5, 0.6) is 0 Å². The molecule has 1 saturated carbocycles. The maximum atomic E-state index is 12.8. The topological polar surface area (TPSA) is 42.2 Å². The Bertz CT molecular complexity index is 847. The lowest BCUT2D eigenvalue weighted by atomic mass is 9.85. The van der Waals surface area contributed by atoms with Crippen LogP contribution in [-0.4, -0.2) is 5.91 Å². The number of amides is 1. The molecule has 1 aromatic heterocycles. The van der Waals surface area contributed by atoms with Gasteiger partial charge in [-0.05, 0) is 43.5 Å². The third-order valence-electron chi connectivity index (χ3n) is 5.43. The third-order valence-corrected chi connectivity index (χ3v) is 5.43. The van der Waals surface area contributed by atoms with E-state index in [9.17, 15) is 4.79 Å². The zero-order valence-electron chi connectivity index (χ0n) is 15.2. The Morgan fingerprint density at radius 3 is 2.08 bits per heavy atom. The van der Waals surface area contributed by atoms with Gasteiger partial charge >= 0.3 is 0 Å². The molecule has 3 heteroatoms. The summed E-state index contributed by atoms with van der Waals surface area (Å²) in [6.07, 6.45) is 2.46. The minimum atomic E-state index is -0.228. The average molecular weight is 345 g/mol. The van der Waals surface area contributed by atoms with Gasteiger partial charge in [0.1, 0.15) is 5.76 Å². The second-order valence-electron chi connectivity index (χ2n) is 7.26. The highest BCUT2D eigenvalue weighted by atomic mass is 16.3.